The van der Waals surface area contributed by atoms with E-state index in [1.54, 1.807) is 28.8 Å². The molecule has 3 aromatic heterocycles. The topological polar surface area (TPSA) is 103 Å². The summed E-state index contributed by atoms with van der Waals surface area (Å²) in [4.78, 5) is 49.8. The molecule has 0 N–H and O–H groups in total. The van der Waals surface area contributed by atoms with Crippen molar-refractivity contribution in [3.05, 3.63) is 50.8 Å². The van der Waals surface area contributed by atoms with Crippen LogP contribution in [0, 0.1) is 11.3 Å². The average molecular weight is 488 g/mol. The van der Waals surface area contributed by atoms with Gasteiger partial charge >= 0.3 is 5.69 Å². The highest BCUT2D eigenvalue weighted by atomic mass is 32.2. The highest BCUT2D eigenvalue weighted by Crippen LogP contribution is 2.26. The van der Waals surface area contributed by atoms with Crippen molar-refractivity contribution in [3.8, 4) is 0 Å². The van der Waals surface area contributed by atoms with Crippen molar-refractivity contribution in [1.29, 1.82) is 0 Å². The third-order valence-electron chi connectivity index (χ3n) is 5.16. The third-order valence-corrected chi connectivity index (χ3v) is 6.12. The first-order valence-corrected chi connectivity index (χ1v) is 12.3. The van der Waals surface area contributed by atoms with Crippen molar-refractivity contribution >= 4 is 28.7 Å². The maximum Gasteiger partial charge on any atom is 0.332 e. The zero-order valence-corrected chi connectivity index (χ0v) is 21.7. The summed E-state index contributed by atoms with van der Waals surface area (Å²) in [5.74, 6) is 1.37. The van der Waals surface area contributed by atoms with Gasteiger partial charge in [0.2, 0.25) is 5.91 Å². The summed E-state index contributed by atoms with van der Waals surface area (Å²) in [6.45, 7) is 11.0. The van der Waals surface area contributed by atoms with E-state index in [1.165, 1.54) is 18.8 Å². The van der Waals surface area contributed by atoms with Gasteiger partial charge in [0.25, 0.3) is 5.56 Å². The van der Waals surface area contributed by atoms with Crippen LogP contribution in [0.4, 0.5) is 0 Å². The SMILES string of the molecule is CC(C)Cn1c(=O)n(C)c(=O)c2c(SCC(=O)N(C)Cc3ccco3)nc(CC(C)(C)C)nc21. The Morgan fingerprint density at radius 3 is 2.53 bits per heavy atom. The van der Waals surface area contributed by atoms with Crippen LogP contribution in [0.25, 0.3) is 11.0 Å². The molecule has 9 nitrogen and oxygen atoms in total. The largest absolute Gasteiger partial charge is 0.467 e. The second kappa shape index (κ2) is 10.2. The van der Waals surface area contributed by atoms with Gasteiger partial charge in [0.1, 0.15) is 22.0 Å². The Balaban J connectivity index is 2.06. The first kappa shape index (κ1) is 25.7. The van der Waals surface area contributed by atoms with Crippen LogP contribution in [0.15, 0.2) is 37.4 Å². The Bertz CT molecular complexity index is 1290. The second-order valence-electron chi connectivity index (χ2n) is 10.2. The van der Waals surface area contributed by atoms with Gasteiger partial charge in [-0.3, -0.25) is 18.7 Å². The molecule has 10 heteroatoms. The molecule has 0 aliphatic heterocycles. The number of fused-ring (bicyclic) bond motifs is 1. The first-order valence-electron chi connectivity index (χ1n) is 11.3. The summed E-state index contributed by atoms with van der Waals surface area (Å²) in [5.41, 5.74) is -0.634. The molecule has 1 amide bonds. The number of furan rings is 1. The highest BCUT2D eigenvalue weighted by molar-refractivity contribution is 8.00. The number of rotatable bonds is 8. The molecule has 0 spiro atoms. The van der Waals surface area contributed by atoms with Crippen molar-refractivity contribution in [1.82, 2.24) is 24.0 Å². The fraction of sp³-hybridized carbons (Fsp3) is 0.542. The molecule has 3 aromatic rings. The number of aromatic nitrogens is 4. The minimum atomic E-state index is -0.457. The molecule has 0 radical (unpaired) electrons. The third kappa shape index (κ3) is 5.97. The summed E-state index contributed by atoms with van der Waals surface area (Å²) in [7, 11) is 3.16. The predicted molar refractivity (Wildman–Crippen MR) is 133 cm³/mol. The zero-order valence-electron chi connectivity index (χ0n) is 20.9. The van der Waals surface area contributed by atoms with Gasteiger partial charge < -0.3 is 9.32 Å². The molecule has 3 rings (SSSR count). The molecule has 0 atom stereocenters. The van der Waals surface area contributed by atoms with E-state index in [-0.39, 0.29) is 28.4 Å². The second-order valence-corrected chi connectivity index (χ2v) is 11.1. The first-order chi connectivity index (χ1) is 15.9. The number of amides is 1. The van der Waals surface area contributed by atoms with Gasteiger partial charge in [0, 0.05) is 27.1 Å². The van der Waals surface area contributed by atoms with Crippen molar-refractivity contribution in [2.45, 2.75) is 59.2 Å². The van der Waals surface area contributed by atoms with E-state index in [9.17, 15) is 14.4 Å². The summed E-state index contributed by atoms with van der Waals surface area (Å²) in [5, 5.41) is 0.689. The number of thioether (sulfide) groups is 1. The lowest BCUT2D eigenvalue weighted by Crippen LogP contribution is -2.40. The number of nitrogens with zero attached hydrogens (tertiary/aromatic N) is 5. The van der Waals surface area contributed by atoms with Gasteiger partial charge in [-0.15, -0.1) is 0 Å². The Kier molecular flexibility index (Phi) is 7.70. The minimum Gasteiger partial charge on any atom is -0.467 e. The number of carbonyl (C=O) groups excluding carboxylic acids is 1. The molecule has 34 heavy (non-hydrogen) atoms. The standard InChI is InChI=1S/C24H33N5O4S/c1-15(2)12-29-20-19(22(31)28(7)23(29)32)21(26-17(25-20)11-24(3,4)5)34-14-18(30)27(6)13-16-9-8-10-33-16/h8-10,15H,11-14H2,1-7H3. The van der Waals surface area contributed by atoms with Gasteiger partial charge in [-0.05, 0) is 23.5 Å². The van der Waals surface area contributed by atoms with Crippen LogP contribution in [0.2, 0.25) is 0 Å². The van der Waals surface area contributed by atoms with Gasteiger partial charge in [0.15, 0.2) is 5.65 Å². The van der Waals surface area contributed by atoms with Crippen molar-refractivity contribution in [2.24, 2.45) is 18.4 Å². The van der Waals surface area contributed by atoms with Crippen LogP contribution in [0.3, 0.4) is 0 Å². The van der Waals surface area contributed by atoms with Crippen LogP contribution in [0.1, 0.15) is 46.2 Å². The Hall–Kier alpha value is -2.88. The van der Waals surface area contributed by atoms with Gasteiger partial charge in [-0.25, -0.2) is 14.8 Å². The summed E-state index contributed by atoms with van der Waals surface area (Å²) < 4.78 is 7.96. The molecule has 0 saturated carbocycles. The van der Waals surface area contributed by atoms with Crippen molar-refractivity contribution in [2.75, 3.05) is 12.8 Å². The monoisotopic (exact) mass is 487 g/mol. The van der Waals surface area contributed by atoms with Gasteiger partial charge in [-0.1, -0.05) is 46.4 Å². The van der Waals surface area contributed by atoms with Crippen LogP contribution in [-0.2, 0) is 31.4 Å². The average Bonchev–Trinajstić information content (AvgIpc) is 3.24. The van der Waals surface area contributed by atoms with Crippen LogP contribution in [-0.4, -0.2) is 42.7 Å². The number of hydrogen-bond acceptors (Lipinski definition) is 7. The molecule has 0 aliphatic rings. The maximum atomic E-state index is 13.1. The van der Waals surface area contributed by atoms with E-state index in [4.69, 9.17) is 4.42 Å². The van der Waals surface area contributed by atoms with E-state index in [2.05, 4.69) is 30.7 Å². The molecular formula is C24H33N5O4S. The zero-order chi connectivity index (χ0) is 25.2. The molecule has 0 aromatic carbocycles. The molecule has 0 bridgehead atoms. The number of hydrogen-bond donors (Lipinski definition) is 0. The van der Waals surface area contributed by atoms with Crippen LogP contribution in [0.5, 0.6) is 0 Å². The summed E-state index contributed by atoms with van der Waals surface area (Å²) in [6.07, 6.45) is 2.13. The Morgan fingerprint density at radius 2 is 1.94 bits per heavy atom. The smallest absolute Gasteiger partial charge is 0.332 e. The molecule has 0 saturated heterocycles. The highest BCUT2D eigenvalue weighted by Gasteiger charge is 2.23. The summed E-state index contributed by atoms with van der Waals surface area (Å²) in [6, 6.07) is 3.59. The van der Waals surface area contributed by atoms with E-state index in [1.807, 2.05) is 19.9 Å². The van der Waals surface area contributed by atoms with E-state index >= 15 is 0 Å². The fourth-order valence-electron chi connectivity index (χ4n) is 3.53. The van der Waals surface area contributed by atoms with Crippen LogP contribution < -0.4 is 11.2 Å². The molecule has 0 aliphatic carbocycles. The molecule has 0 unspecified atom stereocenters. The quantitative estimate of drug-likeness (QED) is 0.355. The van der Waals surface area contributed by atoms with Crippen LogP contribution >= 0.6 is 11.8 Å². The normalized spacial score (nSPS) is 12.0. The Labute approximate surface area is 203 Å². The Morgan fingerprint density at radius 1 is 1.24 bits per heavy atom. The van der Waals surface area contributed by atoms with E-state index < -0.39 is 11.2 Å². The van der Waals surface area contributed by atoms with Crippen molar-refractivity contribution in [3.63, 3.8) is 0 Å². The lowest BCUT2D eigenvalue weighted by molar-refractivity contribution is -0.127. The van der Waals surface area contributed by atoms with Gasteiger partial charge in [0.05, 0.1) is 18.6 Å². The lowest BCUT2D eigenvalue weighted by Gasteiger charge is -2.20. The van der Waals surface area contributed by atoms with E-state index in [0.717, 1.165) is 4.57 Å². The fourth-order valence-corrected chi connectivity index (χ4v) is 4.51. The molecule has 184 valence electrons. The minimum absolute atomic E-state index is 0.0880. The predicted octanol–water partition coefficient (Wildman–Crippen LogP) is 3.08. The van der Waals surface area contributed by atoms with Gasteiger partial charge in [-0.2, -0.15) is 0 Å². The maximum absolute atomic E-state index is 13.1. The lowest BCUT2D eigenvalue weighted by atomic mass is 9.92. The molecule has 0 fully saturated rings. The number of carbonyl (C=O) groups is 1. The summed E-state index contributed by atoms with van der Waals surface area (Å²) >= 11 is 1.19. The molecule has 3 heterocycles. The van der Waals surface area contributed by atoms with E-state index in [0.29, 0.717) is 41.8 Å². The van der Waals surface area contributed by atoms with Crippen molar-refractivity contribution < 1.29 is 9.21 Å². The molecular weight excluding hydrogens is 454 g/mol.